The smallest absolute Gasteiger partial charge is 0.252 e. The van der Waals surface area contributed by atoms with Gasteiger partial charge in [0.1, 0.15) is 4.21 Å². The average Bonchev–Trinajstić information content (AvgIpc) is 2.76. The molecule has 0 aromatic carbocycles. The summed E-state index contributed by atoms with van der Waals surface area (Å²) in [5.74, 6) is 0.300. The molecule has 0 unspecified atom stereocenters. The number of thiophene rings is 1. The average molecular weight is 309 g/mol. The van der Waals surface area contributed by atoms with Gasteiger partial charge >= 0.3 is 0 Å². The van der Waals surface area contributed by atoms with Crippen LogP contribution in [-0.4, -0.2) is 31.9 Å². The van der Waals surface area contributed by atoms with Gasteiger partial charge in [0.05, 0.1) is 4.34 Å². The maximum Gasteiger partial charge on any atom is 0.252 e. The molecule has 18 heavy (non-hydrogen) atoms. The van der Waals surface area contributed by atoms with Crippen LogP contribution in [0.1, 0.15) is 19.8 Å². The van der Waals surface area contributed by atoms with Crippen LogP contribution in [0.5, 0.6) is 0 Å². The highest BCUT2D eigenvalue weighted by molar-refractivity contribution is 7.91. The third-order valence-corrected chi connectivity index (χ3v) is 7.04. The van der Waals surface area contributed by atoms with Crippen molar-refractivity contribution in [3.63, 3.8) is 0 Å². The monoisotopic (exact) mass is 308 g/mol. The summed E-state index contributed by atoms with van der Waals surface area (Å²) < 4.78 is 27.4. The van der Waals surface area contributed by atoms with Crippen LogP contribution >= 0.6 is 22.9 Å². The van der Waals surface area contributed by atoms with E-state index in [0.29, 0.717) is 27.6 Å². The molecule has 1 fully saturated rings. The fourth-order valence-electron chi connectivity index (χ4n) is 2.41. The second kappa shape index (κ2) is 5.46. The van der Waals surface area contributed by atoms with Crippen LogP contribution in [0.25, 0.3) is 0 Å². The van der Waals surface area contributed by atoms with E-state index >= 15 is 0 Å². The molecule has 2 rings (SSSR count). The lowest BCUT2D eigenvalue weighted by Gasteiger charge is -2.37. The summed E-state index contributed by atoms with van der Waals surface area (Å²) in [6.45, 7) is 2.96. The lowest BCUT2D eigenvalue weighted by atomic mass is 9.93. The maximum atomic E-state index is 12.5. The van der Waals surface area contributed by atoms with Gasteiger partial charge in [-0.3, -0.25) is 0 Å². The zero-order chi connectivity index (χ0) is 13.3. The van der Waals surface area contributed by atoms with Gasteiger partial charge in [-0.15, -0.1) is 11.3 Å². The minimum absolute atomic E-state index is 0.107. The summed E-state index contributed by atoms with van der Waals surface area (Å²) in [6.07, 6.45) is 1.91. The van der Waals surface area contributed by atoms with Crippen LogP contribution in [0.15, 0.2) is 16.3 Å². The van der Waals surface area contributed by atoms with Gasteiger partial charge in [-0.1, -0.05) is 18.5 Å². The molecule has 2 N–H and O–H groups in total. The third-order valence-electron chi connectivity index (χ3n) is 3.42. The number of hydrogen-bond acceptors (Lipinski definition) is 4. The van der Waals surface area contributed by atoms with Gasteiger partial charge < -0.3 is 5.73 Å². The number of sulfonamides is 1. The molecule has 0 aliphatic carbocycles. The summed E-state index contributed by atoms with van der Waals surface area (Å²) in [5.41, 5.74) is 5.74. The molecule has 0 amide bonds. The van der Waals surface area contributed by atoms with Gasteiger partial charge in [0.15, 0.2) is 0 Å². The first-order valence-electron chi connectivity index (χ1n) is 5.94. The van der Waals surface area contributed by atoms with Crippen LogP contribution in [0.4, 0.5) is 0 Å². The molecule has 1 aromatic rings. The van der Waals surface area contributed by atoms with E-state index < -0.39 is 10.0 Å². The van der Waals surface area contributed by atoms with E-state index in [1.165, 1.54) is 0 Å². The molecular formula is C11H17ClN2O2S2. The molecule has 2 atom stereocenters. The van der Waals surface area contributed by atoms with Crippen molar-refractivity contribution in [1.82, 2.24) is 4.31 Å². The summed E-state index contributed by atoms with van der Waals surface area (Å²) >= 11 is 6.91. The van der Waals surface area contributed by atoms with E-state index in [9.17, 15) is 8.42 Å². The predicted octanol–water partition coefficient (Wildman–Crippen LogP) is 2.15. The number of piperidine rings is 1. The molecule has 0 bridgehead atoms. The van der Waals surface area contributed by atoms with Crippen LogP contribution in [0.3, 0.4) is 0 Å². The van der Waals surface area contributed by atoms with Gasteiger partial charge in [-0.2, -0.15) is 4.31 Å². The molecule has 7 heteroatoms. The Kier molecular flexibility index (Phi) is 4.33. The van der Waals surface area contributed by atoms with Crippen molar-refractivity contribution in [1.29, 1.82) is 0 Å². The molecule has 1 aromatic heterocycles. The van der Waals surface area contributed by atoms with Crippen molar-refractivity contribution < 1.29 is 8.42 Å². The topological polar surface area (TPSA) is 63.4 Å². The first kappa shape index (κ1) is 14.3. The lowest BCUT2D eigenvalue weighted by Crippen LogP contribution is -2.51. The standard InChI is InChI=1S/C11H17ClN2O2S2/c1-8-3-2-6-14(9(8)7-13)18(15,16)11-5-4-10(12)17-11/h4-5,8-9H,2-3,6-7,13H2,1H3/t8-,9-/m1/s1. The van der Waals surface area contributed by atoms with Gasteiger partial charge in [-0.05, 0) is 30.9 Å². The number of halogens is 1. The second-order valence-corrected chi connectivity index (χ2v) is 8.43. The quantitative estimate of drug-likeness (QED) is 0.930. The zero-order valence-corrected chi connectivity index (χ0v) is 12.6. The SMILES string of the molecule is C[C@@H]1CCCN(S(=O)(=O)c2ccc(Cl)s2)[C@@H]1CN. The van der Waals surface area contributed by atoms with Gasteiger partial charge in [-0.25, -0.2) is 8.42 Å². The maximum absolute atomic E-state index is 12.5. The Labute approximate surface area is 117 Å². The second-order valence-electron chi connectivity index (χ2n) is 4.60. The van der Waals surface area contributed by atoms with Gasteiger partial charge in [0.2, 0.25) is 0 Å². The number of rotatable bonds is 3. The molecule has 0 radical (unpaired) electrons. The Bertz CT molecular complexity index is 515. The Hall–Kier alpha value is -0.140. The number of nitrogens with two attached hydrogens (primary N) is 1. The summed E-state index contributed by atoms with van der Waals surface area (Å²) in [5, 5.41) is 0. The normalized spacial score (nSPS) is 26.4. The van der Waals surface area contributed by atoms with Crippen molar-refractivity contribution >= 4 is 33.0 Å². The minimum atomic E-state index is -3.45. The van der Waals surface area contributed by atoms with E-state index in [0.717, 1.165) is 24.2 Å². The van der Waals surface area contributed by atoms with Crippen molar-refractivity contribution in [3.05, 3.63) is 16.5 Å². The van der Waals surface area contributed by atoms with E-state index in [1.54, 1.807) is 16.4 Å². The van der Waals surface area contributed by atoms with Crippen molar-refractivity contribution in [3.8, 4) is 0 Å². The Morgan fingerprint density at radius 3 is 2.83 bits per heavy atom. The van der Waals surface area contributed by atoms with Crippen LogP contribution in [0, 0.1) is 5.92 Å². The largest absolute Gasteiger partial charge is 0.329 e. The minimum Gasteiger partial charge on any atom is -0.329 e. The van der Waals surface area contributed by atoms with Gasteiger partial charge in [0.25, 0.3) is 10.0 Å². The summed E-state index contributed by atoms with van der Waals surface area (Å²) in [7, 11) is -3.45. The van der Waals surface area contributed by atoms with Crippen LogP contribution < -0.4 is 5.73 Å². The van der Waals surface area contributed by atoms with Crippen molar-refractivity contribution in [2.45, 2.75) is 30.0 Å². The third kappa shape index (κ3) is 2.58. The molecule has 4 nitrogen and oxygen atoms in total. The van der Waals surface area contributed by atoms with Crippen LogP contribution in [-0.2, 0) is 10.0 Å². The highest BCUT2D eigenvalue weighted by Gasteiger charge is 2.37. The first-order chi connectivity index (χ1) is 8.46. The molecule has 1 aliphatic rings. The van der Waals surface area contributed by atoms with Crippen molar-refractivity contribution in [2.75, 3.05) is 13.1 Å². The van der Waals surface area contributed by atoms with E-state index in [2.05, 4.69) is 6.92 Å². The predicted molar refractivity (Wildman–Crippen MR) is 74.5 cm³/mol. The molecule has 0 saturated carbocycles. The fourth-order valence-corrected chi connectivity index (χ4v) is 5.79. The molecule has 1 saturated heterocycles. The number of hydrogen-bond donors (Lipinski definition) is 1. The van der Waals surface area contributed by atoms with Crippen molar-refractivity contribution in [2.24, 2.45) is 11.7 Å². The van der Waals surface area contributed by atoms with Gasteiger partial charge in [0, 0.05) is 19.1 Å². The molecular weight excluding hydrogens is 292 g/mol. The highest BCUT2D eigenvalue weighted by atomic mass is 35.5. The van der Waals surface area contributed by atoms with Crippen LogP contribution in [0.2, 0.25) is 4.34 Å². The molecule has 2 heterocycles. The Morgan fingerprint density at radius 1 is 1.56 bits per heavy atom. The first-order valence-corrected chi connectivity index (χ1v) is 8.57. The Balaban J connectivity index is 2.34. The molecule has 102 valence electrons. The molecule has 0 spiro atoms. The summed E-state index contributed by atoms with van der Waals surface area (Å²) in [4.78, 5) is 0. The van der Waals surface area contributed by atoms with E-state index in [-0.39, 0.29) is 6.04 Å². The number of nitrogens with zero attached hydrogens (tertiary/aromatic N) is 1. The fraction of sp³-hybridized carbons (Fsp3) is 0.636. The zero-order valence-electron chi connectivity index (χ0n) is 10.2. The Morgan fingerprint density at radius 2 is 2.28 bits per heavy atom. The highest BCUT2D eigenvalue weighted by Crippen LogP contribution is 2.33. The molecule has 1 aliphatic heterocycles. The lowest BCUT2D eigenvalue weighted by molar-refractivity contribution is 0.193. The summed E-state index contributed by atoms with van der Waals surface area (Å²) in [6, 6.07) is 3.07. The van der Waals surface area contributed by atoms with E-state index in [1.807, 2.05) is 0 Å². The van der Waals surface area contributed by atoms with E-state index in [4.69, 9.17) is 17.3 Å².